The van der Waals surface area contributed by atoms with Gasteiger partial charge in [-0.1, -0.05) is 77.3 Å². The van der Waals surface area contributed by atoms with E-state index >= 15 is 0 Å². The van der Waals surface area contributed by atoms with Crippen molar-refractivity contribution in [2.75, 3.05) is 17.4 Å². The second kappa shape index (κ2) is 13.8. The van der Waals surface area contributed by atoms with Gasteiger partial charge in [-0.2, -0.15) is 0 Å². The molecule has 3 aromatic carbocycles. The van der Waals surface area contributed by atoms with Crippen LogP contribution in [-0.4, -0.2) is 44.3 Å². The largest absolute Gasteiger partial charge is 0.354 e. The highest BCUT2D eigenvalue weighted by atomic mass is 79.9. The van der Waals surface area contributed by atoms with Crippen LogP contribution in [0.5, 0.6) is 0 Å². The standard InChI is InChI=1S/C30H36BrN3O4S/c1-5-6-19-32-30(36)24(4)33(20-25-13-15-26(31)16-14-25)29(35)21-34(28-10-8-7-9-23(28)3)39(37,38)27-17-11-22(2)12-18-27/h7-18,24H,5-6,19-21H2,1-4H3,(H,32,36)/t24-/m1/s1. The minimum atomic E-state index is -4.08. The number of halogens is 1. The minimum absolute atomic E-state index is 0.0916. The molecule has 208 valence electrons. The summed E-state index contributed by atoms with van der Waals surface area (Å²) in [6, 6.07) is 20.3. The summed E-state index contributed by atoms with van der Waals surface area (Å²) in [5.74, 6) is -0.757. The van der Waals surface area contributed by atoms with Crippen LogP contribution >= 0.6 is 15.9 Å². The predicted molar refractivity (Wildman–Crippen MR) is 159 cm³/mol. The van der Waals surface area contributed by atoms with Gasteiger partial charge in [0, 0.05) is 17.6 Å². The number of rotatable bonds is 12. The Labute approximate surface area is 240 Å². The van der Waals surface area contributed by atoms with Gasteiger partial charge < -0.3 is 10.2 Å². The number of nitrogens with one attached hydrogen (secondary N) is 1. The molecule has 0 spiro atoms. The summed E-state index contributed by atoms with van der Waals surface area (Å²) in [6.45, 7) is 7.60. The normalized spacial score (nSPS) is 12.0. The Morgan fingerprint density at radius 1 is 0.949 bits per heavy atom. The van der Waals surface area contributed by atoms with Gasteiger partial charge in [0.25, 0.3) is 10.0 Å². The third-order valence-electron chi connectivity index (χ3n) is 6.54. The zero-order valence-corrected chi connectivity index (χ0v) is 25.3. The fraction of sp³-hybridized carbons (Fsp3) is 0.333. The maximum Gasteiger partial charge on any atom is 0.264 e. The summed E-state index contributed by atoms with van der Waals surface area (Å²) in [4.78, 5) is 28.5. The van der Waals surface area contributed by atoms with Gasteiger partial charge in [-0.05, 0) is 68.7 Å². The van der Waals surface area contributed by atoms with Crippen LogP contribution in [0.15, 0.2) is 82.2 Å². The quantitative estimate of drug-likeness (QED) is 0.270. The summed E-state index contributed by atoms with van der Waals surface area (Å²) in [6.07, 6.45) is 1.76. The zero-order valence-electron chi connectivity index (χ0n) is 22.9. The number of sulfonamides is 1. The molecule has 0 heterocycles. The van der Waals surface area contributed by atoms with Gasteiger partial charge in [0.05, 0.1) is 10.6 Å². The smallest absolute Gasteiger partial charge is 0.264 e. The first-order valence-corrected chi connectivity index (χ1v) is 15.2. The van der Waals surface area contributed by atoms with E-state index < -0.39 is 28.5 Å². The number of benzene rings is 3. The highest BCUT2D eigenvalue weighted by molar-refractivity contribution is 9.10. The molecule has 9 heteroatoms. The van der Waals surface area contributed by atoms with Gasteiger partial charge in [0.2, 0.25) is 11.8 Å². The van der Waals surface area contributed by atoms with E-state index in [0.29, 0.717) is 17.8 Å². The molecule has 0 radical (unpaired) electrons. The Morgan fingerprint density at radius 2 is 1.59 bits per heavy atom. The molecular weight excluding hydrogens is 578 g/mol. The van der Waals surface area contributed by atoms with Crippen LogP contribution in [0, 0.1) is 13.8 Å². The average molecular weight is 615 g/mol. The van der Waals surface area contributed by atoms with Gasteiger partial charge >= 0.3 is 0 Å². The van der Waals surface area contributed by atoms with E-state index in [1.54, 1.807) is 56.3 Å². The van der Waals surface area contributed by atoms with E-state index in [9.17, 15) is 18.0 Å². The lowest BCUT2D eigenvalue weighted by Crippen LogP contribution is -2.51. The molecule has 0 aromatic heterocycles. The Balaban J connectivity index is 2.00. The SMILES string of the molecule is CCCCNC(=O)[C@@H](C)N(Cc1ccc(Br)cc1)C(=O)CN(c1ccccc1C)S(=O)(=O)c1ccc(C)cc1. The second-order valence-electron chi connectivity index (χ2n) is 9.58. The van der Waals surface area contributed by atoms with E-state index in [2.05, 4.69) is 21.2 Å². The number of aryl methyl sites for hydroxylation is 2. The van der Waals surface area contributed by atoms with Crippen molar-refractivity contribution < 1.29 is 18.0 Å². The van der Waals surface area contributed by atoms with Crippen molar-refractivity contribution in [2.45, 2.75) is 58.0 Å². The van der Waals surface area contributed by atoms with E-state index in [1.165, 1.54) is 4.90 Å². The lowest BCUT2D eigenvalue weighted by atomic mass is 10.1. The van der Waals surface area contributed by atoms with Crippen molar-refractivity contribution >= 4 is 43.5 Å². The second-order valence-corrected chi connectivity index (χ2v) is 12.4. The number of amides is 2. The molecule has 0 unspecified atom stereocenters. The van der Waals surface area contributed by atoms with Crippen molar-refractivity contribution in [3.63, 3.8) is 0 Å². The molecule has 1 N–H and O–H groups in total. The molecule has 0 saturated carbocycles. The maximum atomic E-state index is 13.9. The van der Waals surface area contributed by atoms with Crippen LogP contribution < -0.4 is 9.62 Å². The molecule has 3 rings (SSSR count). The molecule has 2 amide bonds. The molecule has 1 atom stereocenters. The van der Waals surface area contributed by atoms with Crippen molar-refractivity contribution in [3.8, 4) is 0 Å². The predicted octanol–water partition coefficient (Wildman–Crippen LogP) is 5.59. The number of carbonyl (C=O) groups is 2. The molecule has 0 saturated heterocycles. The molecule has 7 nitrogen and oxygen atoms in total. The van der Waals surface area contributed by atoms with Crippen LogP contribution in [0.1, 0.15) is 43.4 Å². The van der Waals surface area contributed by atoms with Crippen LogP contribution in [0.4, 0.5) is 5.69 Å². The first-order valence-electron chi connectivity index (χ1n) is 13.0. The van der Waals surface area contributed by atoms with Gasteiger partial charge in [-0.3, -0.25) is 13.9 Å². The van der Waals surface area contributed by atoms with Crippen molar-refractivity contribution in [1.82, 2.24) is 10.2 Å². The summed E-state index contributed by atoms with van der Waals surface area (Å²) in [5.41, 5.74) is 2.88. The van der Waals surface area contributed by atoms with Crippen LogP contribution in [0.25, 0.3) is 0 Å². The Bertz CT molecular complexity index is 1380. The Morgan fingerprint density at radius 3 is 2.21 bits per heavy atom. The summed E-state index contributed by atoms with van der Waals surface area (Å²) in [5, 5.41) is 2.90. The fourth-order valence-electron chi connectivity index (χ4n) is 4.10. The third kappa shape index (κ3) is 7.92. The third-order valence-corrected chi connectivity index (χ3v) is 8.84. The fourth-order valence-corrected chi connectivity index (χ4v) is 5.84. The van der Waals surface area contributed by atoms with Gasteiger partial charge in [0.15, 0.2) is 0 Å². The monoisotopic (exact) mass is 613 g/mol. The minimum Gasteiger partial charge on any atom is -0.354 e. The van der Waals surface area contributed by atoms with Gasteiger partial charge in [-0.25, -0.2) is 8.42 Å². The van der Waals surface area contributed by atoms with Crippen molar-refractivity contribution in [1.29, 1.82) is 0 Å². The summed E-state index contributed by atoms with van der Waals surface area (Å²) < 4.78 is 29.8. The zero-order chi connectivity index (χ0) is 28.6. The lowest BCUT2D eigenvalue weighted by molar-refractivity contribution is -0.139. The van der Waals surface area contributed by atoms with E-state index in [-0.39, 0.29) is 17.3 Å². The summed E-state index contributed by atoms with van der Waals surface area (Å²) >= 11 is 3.42. The molecular formula is C30H36BrN3O4S. The lowest BCUT2D eigenvalue weighted by Gasteiger charge is -2.32. The van der Waals surface area contributed by atoms with E-state index in [4.69, 9.17) is 0 Å². The van der Waals surface area contributed by atoms with Crippen molar-refractivity contribution in [2.24, 2.45) is 0 Å². The molecule has 0 aliphatic carbocycles. The average Bonchev–Trinajstić information content (AvgIpc) is 2.91. The molecule has 0 aliphatic heterocycles. The number of hydrogen-bond acceptors (Lipinski definition) is 4. The number of unbranched alkanes of at least 4 members (excludes halogenated alkanes) is 1. The first kappa shape index (κ1) is 30.4. The highest BCUT2D eigenvalue weighted by Gasteiger charge is 2.33. The van der Waals surface area contributed by atoms with E-state index in [1.807, 2.05) is 44.2 Å². The molecule has 3 aromatic rings. The number of anilines is 1. The van der Waals surface area contributed by atoms with Gasteiger partial charge in [-0.15, -0.1) is 0 Å². The number of para-hydroxylation sites is 1. The van der Waals surface area contributed by atoms with Crippen molar-refractivity contribution in [3.05, 3.63) is 94.0 Å². The number of carbonyl (C=O) groups excluding carboxylic acids is 2. The van der Waals surface area contributed by atoms with Crippen LogP contribution in [-0.2, 0) is 26.2 Å². The molecule has 0 fully saturated rings. The van der Waals surface area contributed by atoms with Crippen LogP contribution in [0.3, 0.4) is 0 Å². The van der Waals surface area contributed by atoms with Crippen LogP contribution in [0.2, 0.25) is 0 Å². The number of nitrogens with zero attached hydrogens (tertiary/aromatic N) is 2. The molecule has 0 bridgehead atoms. The molecule has 0 aliphatic rings. The maximum absolute atomic E-state index is 13.9. The topological polar surface area (TPSA) is 86.8 Å². The highest BCUT2D eigenvalue weighted by Crippen LogP contribution is 2.27. The molecule has 39 heavy (non-hydrogen) atoms. The number of hydrogen-bond donors (Lipinski definition) is 1. The first-order chi connectivity index (χ1) is 18.5. The Hall–Kier alpha value is -3.17. The summed E-state index contributed by atoms with van der Waals surface area (Å²) in [7, 11) is -4.08. The van der Waals surface area contributed by atoms with Gasteiger partial charge in [0.1, 0.15) is 12.6 Å². The van der Waals surface area contributed by atoms with E-state index in [0.717, 1.165) is 32.7 Å². The Kier molecular flexibility index (Phi) is 10.7.